The Kier molecular flexibility index (Phi) is 6.29. The lowest BCUT2D eigenvalue weighted by molar-refractivity contribution is 0.102. The van der Waals surface area contributed by atoms with E-state index in [-0.39, 0.29) is 17.0 Å². The van der Waals surface area contributed by atoms with Crippen LogP contribution in [0.15, 0.2) is 89.8 Å². The maximum Gasteiger partial charge on any atom is 0.264 e. The normalized spacial score (nSPS) is 11.2. The van der Waals surface area contributed by atoms with Gasteiger partial charge >= 0.3 is 0 Å². The molecule has 0 aliphatic heterocycles. The molecule has 0 aliphatic carbocycles. The second-order valence-electron chi connectivity index (χ2n) is 6.78. The predicted molar refractivity (Wildman–Crippen MR) is 126 cm³/mol. The van der Waals surface area contributed by atoms with Gasteiger partial charge in [-0.05, 0) is 37.3 Å². The summed E-state index contributed by atoms with van der Waals surface area (Å²) in [7, 11) is -3.84. The molecule has 1 heterocycles. The summed E-state index contributed by atoms with van der Waals surface area (Å²) in [6, 6.07) is 24.3. The van der Waals surface area contributed by atoms with Crippen LogP contribution in [0, 0.1) is 0 Å². The molecule has 32 heavy (non-hydrogen) atoms. The van der Waals surface area contributed by atoms with Crippen LogP contribution >= 0.6 is 11.5 Å². The van der Waals surface area contributed by atoms with Gasteiger partial charge in [-0.1, -0.05) is 54.6 Å². The van der Waals surface area contributed by atoms with Crippen molar-refractivity contribution in [3.8, 4) is 11.4 Å². The van der Waals surface area contributed by atoms with E-state index < -0.39 is 15.9 Å². The monoisotopic (exact) mass is 464 g/mol. The van der Waals surface area contributed by atoms with Gasteiger partial charge in [0, 0.05) is 29.2 Å². The molecule has 0 saturated heterocycles. The summed E-state index contributed by atoms with van der Waals surface area (Å²) in [5.74, 6) is 0.0595. The zero-order valence-electron chi connectivity index (χ0n) is 17.2. The first-order valence-corrected chi connectivity index (χ1v) is 12.1. The summed E-state index contributed by atoms with van der Waals surface area (Å²) < 4.78 is 32.0. The molecule has 0 atom stereocenters. The molecule has 0 spiro atoms. The molecule has 0 saturated carbocycles. The van der Waals surface area contributed by atoms with Gasteiger partial charge in [0.05, 0.1) is 10.6 Å². The maximum atomic E-state index is 13.2. The van der Waals surface area contributed by atoms with E-state index in [0.717, 1.165) is 17.1 Å². The molecule has 4 aromatic rings. The van der Waals surface area contributed by atoms with Crippen LogP contribution in [0.1, 0.15) is 17.3 Å². The number of carbonyl (C=O) groups is 1. The highest BCUT2D eigenvalue weighted by Gasteiger charge is 2.24. The van der Waals surface area contributed by atoms with E-state index in [1.165, 1.54) is 16.4 Å². The number of hydrogen-bond donors (Lipinski definition) is 1. The summed E-state index contributed by atoms with van der Waals surface area (Å²) in [6.07, 6.45) is 0. The van der Waals surface area contributed by atoms with Crippen molar-refractivity contribution in [1.29, 1.82) is 0 Å². The molecule has 0 bridgehead atoms. The van der Waals surface area contributed by atoms with Crippen molar-refractivity contribution < 1.29 is 13.2 Å². The average molecular weight is 465 g/mol. The van der Waals surface area contributed by atoms with Gasteiger partial charge in [-0.25, -0.2) is 8.42 Å². The highest BCUT2D eigenvalue weighted by atomic mass is 32.2. The maximum absolute atomic E-state index is 13.2. The van der Waals surface area contributed by atoms with Crippen LogP contribution in [-0.2, 0) is 10.0 Å². The van der Waals surface area contributed by atoms with Gasteiger partial charge in [-0.3, -0.25) is 14.4 Å². The molecule has 1 aromatic heterocycles. The Balaban J connectivity index is 1.56. The molecule has 3 aromatic carbocycles. The molecule has 0 radical (unpaired) electrons. The van der Waals surface area contributed by atoms with E-state index >= 15 is 0 Å². The van der Waals surface area contributed by atoms with Crippen LogP contribution in [0.2, 0.25) is 0 Å². The van der Waals surface area contributed by atoms with Crippen LogP contribution in [0.3, 0.4) is 0 Å². The quantitative estimate of drug-likeness (QED) is 0.429. The van der Waals surface area contributed by atoms with Crippen LogP contribution in [-0.4, -0.2) is 30.2 Å². The molecule has 0 unspecified atom stereocenters. The fourth-order valence-electron chi connectivity index (χ4n) is 3.16. The number of hydrogen-bond acceptors (Lipinski definition) is 6. The summed E-state index contributed by atoms with van der Waals surface area (Å²) in [5.41, 5.74) is 1.62. The van der Waals surface area contributed by atoms with Crippen LogP contribution < -0.4 is 9.62 Å². The third-order valence-corrected chi connectivity index (χ3v) is 7.22. The molecule has 9 heteroatoms. The van der Waals surface area contributed by atoms with Gasteiger partial charge in [0.2, 0.25) is 5.13 Å². The van der Waals surface area contributed by atoms with Gasteiger partial charge in [-0.2, -0.15) is 9.36 Å². The molecule has 7 nitrogen and oxygen atoms in total. The molecule has 1 amide bonds. The van der Waals surface area contributed by atoms with Crippen molar-refractivity contribution in [1.82, 2.24) is 9.36 Å². The number of anilines is 2. The van der Waals surface area contributed by atoms with E-state index in [4.69, 9.17) is 0 Å². The minimum Gasteiger partial charge on any atom is -0.297 e. The van der Waals surface area contributed by atoms with Crippen molar-refractivity contribution in [2.45, 2.75) is 11.8 Å². The molecular formula is C23H20N4O3S2. The van der Waals surface area contributed by atoms with Crippen molar-refractivity contribution >= 4 is 38.3 Å². The fourth-order valence-corrected chi connectivity index (χ4v) is 5.26. The molecular weight excluding hydrogens is 444 g/mol. The number of nitrogens with one attached hydrogen (secondary N) is 1. The first-order chi connectivity index (χ1) is 15.5. The van der Waals surface area contributed by atoms with Gasteiger partial charge in [-0.15, -0.1) is 0 Å². The number of aromatic nitrogens is 2. The highest BCUT2D eigenvalue weighted by Crippen LogP contribution is 2.25. The van der Waals surface area contributed by atoms with Gasteiger partial charge < -0.3 is 0 Å². The number of nitrogens with zero attached hydrogens (tertiary/aromatic N) is 3. The summed E-state index contributed by atoms with van der Waals surface area (Å²) in [4.78, 5) is 17.2. The Hall–Kier alpha value is -3.56. The molecule has 1 N–H and O–H groups in total. The van der Waals surface area contributed by atoms with Crippen LogP contribution in [0.5, 0.6) is 0 Å². The van der Waals surface area contributed by atoms with Crippen LogP contribution in [0.4, 0.5) is 10.8 Å². The SMILES string of the molecule is CCN(c1ccccc1)S(=O)(=O)c1cccc(C(=O)Nc2nc(-c3ccccc3)ns2)c1. The number of rotatable bonds is 7. The van der Waals surface area contributed by atoms with Gasteiger partial charge in [0.1, 0.15) is 0 Å². The Morgan fingerprint density at radius 2 is 1.66 bits per heavy atom. The van der Waals surface area contributed by atoms with E-state index in [0.29, 0.717) is 16.6 Å². The number of carbonyl (C=O) groups excluding carboxylic acids is 1. The molecule has 0 fully saturated rings. The number of sulfonamides is 1. The minimum atomic E-state index is -3.84. The van der Waals surface area contributed by atoms with E-state index in [1.807, 2.05) is 36.4 Å². The summed E-state index contributed by atoms with van der Waals surface area (Å²) in [5, 5.41) is 3.03. The Bertz CT molecular complexity index is 1320. The van der Waals surface area contributed by atoms with Gasteiger partial charge in [0.25, 0.3) is 15.9 Å². The molecule has 162 valence electrons. The highest BCUT2D eigenvalue weighted by molar-refractivity contribution is 7.92. The third-order valence-electron chi connectivity index (χ3n) is 4.69. The lowest BCUT2D eigenvalue weighted by Crippen LogP contribution is -2.30. The zero-order chi connectivity index (χ0) is 22.6. The summed E-state index contributed by atoms with van der Waals surface area (Å²) >= 11 is 1.06. The van der Waals surface area contributed by atoms with Crippen molar-refractivity contribution in [2.24, 2.45) is 0 Å². The topological polar surface area (TPSA) is 92.3 Å². The lowest BCUT2D eigenvalue weighted by Gasteiger charge is -2.23. The smallest absolute Gasteiger partial charge is 0.264 e. The van der Waals surface area contributed by atoms with E-state index in [2.05, 4.69) is 14.7 Å². The van der Waals surface area contributed by atoms with Crippen LogP contribution in [0.25, 0.3) is 11.4 Å². The van der Waals surface area contributed by atoms with E-state index in [1.54, 1.807) is 43.3 Å². The number of benzene rings is 3. The molecule has 4 rings (SSSR count). The first kappa shape index (κ1) is 21.7. The fraction of sp³-hybridized carbons (Fsp3) is 0.0870. The van der Waals surface area contributed by atoms with Gasteiger partial charge in [0.15, 0.2) is 5.82 Å². The standard InChI is InChI=1S/C23H20N4O3S2/c1-2-27(19-13-7-4-8-14-19)32(29,30)20-15-9-12-18(16-20)22(28)25-23-24-21(26-31-23)17-10-5-3-6-11-17/h3-16H,2H2,1H3,(H,24,25,26,28). The second-order valence-corrected chi connectivity index (χ2v) is 9.39. The largest absolute Gasteiger partial charge is 0.297 e. The average Bonchev–Trinajstić information content (AvgIpc) is 3.29. The Labute approximate surface area is 190 Å². The first-order valence-electron chi connectivity index (χ1n) is 9.87. The molecule has 0 aliphatic rings. The van der Waals surface area contributed by atoms with Crippen molar-refractivity contribution in [3.63, 3.8) is 0 Å². The predicted octanol–water partition coefficient (Wildman–Crippen LogP) is 4.67. The third kappa shape index (κ3) is 4.53. The second kappa shape index (κ2) is 9.29. The van der Waals surface area contributed by atoms with Crippen molar-refractivity contribution in [2.75, 3.05) is 16.2 Å². The lowest BCUT2D eigenvalue weighted by atomic mass is 10.2. The minimum absolute atomic E-state index is 0.0399. The van der Waals surface area contributed by atoms with E-state index in [9.17, 15) is 13.2 Å². The van der Waals surface area contributed by atoms with Crippen molar-refractivity contribution in [3.05, 3.63) is 90.5 Å². The number of para-hydroxylation sites is 1. The summed E-state index contributed by atoms with van der Waals surface area (Å²) in [6.45, 7) is 2.02. The Morgan fingerprint density at radius 1 is 0.969 bits per heavy atom. The number of amides is 1. The Morgan fingerprint density at radius 3 is 2.34 bits per heavy atom. The zero-order valence-corrected chi connectivity index (χ0v) is 18.8.